The highest BCUT2D eigenvalue weighted by molar-refractivity contribution is 5.96. The monoisotopic (exact) mass is 233 g/mol. The highest BCUT2D eigenvalue weighted by Crippen LogP contribution is 2.43. The summed E-state index contributed by atoms with van der Waals surface area (Å²) in [7, 11) is 0. The number of fused-ring (bicyclic) bond motifs is 3. The first-order chi connectivity index (χ1) is 8.18. The maximum Gasteiger partial charge on any atom is 0.162 e. The van der Waals surface area contributed by atoms with E-state index < -0.39 is 0 Å². The third kappa shape index (κ3) is 1.73. The number of Topliss-reactive ketones (excluding diaryl/α,β-unsaturated/α-hetero) is 1. The van der Waals surface area contributed by atoms with E-state index in [2.05, 4.69) is 11.8 Å². The zero-order valence-electron chi connectivity index (χ0n) is 11.0. The fraction of sp³-hybridized carbons (Fsp3) is 0.800. The number of allylic oxidation sites excluding steroid dienone is 2. The first-order valence-corrected chi connectivity index (χ1v) is 7.19. The third-order valence-corrected chi connectivity index (χ3v) is 5.10. The normalized spacial score (nSPS) is 37.9. The summed E-state index contributed by atoms with van der Waals surface area (Å²) in [6.45, 7) is 4.28. The van der Waals surface area contributed by atoms with Crippen LogP contribution in [-0.4, -0.2) is 22.8 Å². The van der Waals surface area contributed by atoms with E-state index in [9.17, 15) is 4.79 Å². The van der Waals surface area contributed by atoms with Crippen LogP contribution in [0.2, 0.25) is 0 Å². The zero-order chi connectivity index (χ0) is 12.0. The number of hydrogen-bond acceptors (Lipinski definition) is 2. The Labute approximate surface area is 104 Å². The van der Waals surface area contributed by atoms with Crippen LogP contribution < -0.4 is 0 Å². The summed E-state index contributed by atoms with van der Waals surface area (Å²) < 4.78 is 0. The molecule has 0 bridgehead atoms. The Balaban J connectivity index is 1.95. The van der Waals surface area contributed by atoms with Crippen molar-refractivity contribution in [2.45, 2.75) is 70.9 Å². The van der Waals surface area contributed by atoms with Crippen molar-refractivity contribution < 1.29 is 4.79 Å². The Kier molecular flexibility index (Phi) is 2.76. The van der Waals surface area contributed by atoms with Crippen LogP contribution in [0.4, 0.5) is 0 Å². The van der Waals surface area contributed by atoms with Crippen LogP contribution in [0.5, 0.6) is 0 Å². The van der Waals surface area contributed by atoms with Gasteiger partial charge in [0.15, 0.2) is 5.78 Å². The topological polar surface area (TPSA) is 20.3 Å². The van der Waals surface area contributed by atoms with Crippen LogP contribution in [0, 0.1) is 5.92 Å². The van der Waals surface area contributed by atoms with Gasteiger partial charge < -0.3 is 4.90 Å². The molecule has 2 nitrogen and oxygen atoms in total. The van der Waals surface area contributed by atoms with Crippen LogP contribution in [0.25, 0.3) is 0 Å². The molecule has 0 aromatic carbocycles. The Morgan fingerprint density at radius 2 is 1.94 bits per heavy atom. The fourth-order valence-corrected chi connectivity index (χ4v) is 4.20. The van der Waals surface area contributed by atoms with Gasteiger partial charge in [0, 0.05) is 29.8 Å². The molecule has 3 unspecified atom stereocenters. The highest BCUT2D eigenvalue weighted by atomic mass is 16.1. The van der Waals surface area contributed by atoms with Crippen molar-refractivity contribution in [3.8, 4) is 0 Å². The standard InChI is InChI=1S/C15H23NO/c1-10-9-15(17)11(2)13-8-7-12-5-3-4-6-14(12)16(10)13/h10,12,14H,3-9H2,1-2H3. The molecule has 0 radical (unpaired) electrons. The van der Waals surface area contributed by atoms with Gasteiger partial charge in [-0.2, -0.15) is 0 Å². The number of rotatable bonds is 0. The first-order valence-electron chi connectivity index (χ1n) is 7.19. The second-order valence-corrected chi connectivity index (χ2v) is 6.11. The number of nitrogens with zero attached hydrogens (tertiary/aromatic N) is 1. The molecule has 0 spiro atoms. The number of hydrogen-bond donors (Lipinski definition) is 0. The van der Waals surface area contributed by atoms with Crippen molar-refractivity contribution in [1.29, 1.82) is 0 Å². The number of carbonyl (C=O) groups excluding carboxylic acids is 1. The molecule has 3 rings (SSSR count). The van der Waals surface area contributed by atoms with E-state index in [4.69, 9.17) is 0 Å². The second-order valence-electron chi connectivity index (χ2n) is 6.11. The lowest BCUT2D eigenvalue weighted by Gasteiger charge is -2.51. The van der Waals surface area contributed by atoms with Gasteiger partial charge in [-0.15, -0.1) is 0 Å². The minimum absolute atomic E-state index is 0.387. The van der Waals surface area contributed by atoms with Crippen molar-refractivity contribution in [3.63, 3.8) is 0 Å². The third-order valence-electron chi connectivity index (χ3n) is 5.10. The van der Waals surface area contributed by atoms with Crippen LogP contribution in [-0.2, 0) is 4.79 Å². The maximum atomic E-state index is 11.9. The van der Waals surface area contributed by atoms with Crippen molar-refractivity contribution in [2.75, 3.05) is 0 Å². The van der Waals surface area contributed by atoms with Crippen LogP contribution >= 0.6 is 0 Å². The molecule has 0 aromatic rings. The van der Waals surface area contributed by atoms with E-state index in [0.29, 0.717) is 11.8 Å². The molecule has 2 fully saturated rings. The van der Waals surface area contributed by atoms with Gasteiger partial charge in [-0.05, 0) is 45.4 Å². The van der Waals surface area contributed by atoms with E-state index in [1.807, 2.05) is 6.92 Å². The van der Waals surface area contributed by atoms with Gasteiger partial charge in [0.05, 0.1) is 0 Å². The summed E-state index contributed by atoms with van der Waals surface area (Å²) in [5, 5.41) is 0. The molecule has 1 aliphatic carbocycles. The molecule has 94 valence electrons. The Morgan fingerprint density at radius 3 is 2.76 bits per heavy atom. The average Bonchev–Trinajstić information content (AvgIpc) is 2.35. The van der Waals surface area contributed by atoms with E-state index in [1.165, 1.54) is 37.8 Å². The van der Waals surface area contributed by atoms with Gasteiger partial charge >= 0.3 is 0 Å². The summed E-state index contributed by atoms with van der Waals surface area (Å²) in [5.74, 6) is 1.29. The minimum atomic E-state index is 0.387. The summed E-state index contributed by atoms with van der Waals surface area (Å²) in [6, 6.07) is 1.18. The van der Waals surface area contributed by atoms with Crippen LogP contribution in [0.1, 0.15) is 58.8 Å². The lowest BCUT2D eigenvalue weighted by molar-refractivity contribution is -0.118. The van der Waals surface area contributed by atoms with Gasteiger partial charge in [-0.25, -0.2) is 0 Å². The summed E-state index contributed by atoms with van der Waals surface area (Å²) in [6.07, 6.45) is 8.74. The Bertz CT molecular complexity index is 371. The van der Waals surface area contributed by atoms with Crippen molar-refractivity contribution in [1.82, 2.24) is 4.90 Å². The Morgan fingerprint density at radius 1 is 1.18 bits per heavy atom. The summed E-state index contributed by atoms with van der Waals surface area (Å²) in [4.78, 5) is 14.6. The van der Waals surface area contributed by atoms with Crippen molar-refractivity contribution >= 4 is 5.78 Å². The second kappa shape index (κ2) is 4.15. The van der Waals surface area contributed by atoms with Crippen molar-refractivity contribution in [3.05, 3.63) is 11.3 Å². The average molecular weight is 233 g/mol. The van der Waals surface area contributed by atoms with Crippen molar-refractivity contribution in [2.24, 2.45) is 5.92 Å². The molecule has 0 aromatic heterocycles. The van der Waals surface area contributed by atoms with Crippen LogP contribution in [0.15, 0.2) is 11.3 Å². The molecular formula is C15H23NO. The van der Waals surface area contributed by atoms with E-state index in [1.54, 1.807) is 0 Å². The van der Waals surface area contributed by atoms with Crippen LogP contribution in [0.3, 0.4) is 0 Å². The molecule has 1 saturated carbocycles. The van der Waals surface area contributed by atoms with Gasteiger partial charge in [-0.1, -0.05) is 12.8 Å². The molecule has 3 atom stereocenters. The lowest BCUT2D eigenvalue weighted by atomic mass is 9.74. The molecule has 3 aliphatic rings. The molecule has 2 heterocycles. The molecule has 17 heavy (non-hydrogen) atoms. The van der Waals surface area contributed by atoms with Gasteiger partial charge in [0.2, 0.25) is 0 Å². The van der Waals surface area contributed by atoms with Gasteiger partial charge in [-0.3, -0.25) is 4.79 Å². The highest BCUT2D eigenvalue weighted by Gasteiger charge is 2.41. The molecule has 2 heteroatoms. The number of carbonyl (C=O) groups is 1. The minimum Gasteiger partial charge on any atom is -0.368 e. The van der Waals surface area contributed by atoms with Gasteiger partial charge in [0.25, 0.3) is 0 Å². The molecule has 0 N–H and O–H groups in total. The Hall–Kier alpha value is -0.790. The SMILES string of the molecule is CC1=C2CCC3CCCCC3N2C(C)CC1=O. The molecule has 2 aliphatic heterocycles. The summed E-state index contributed by atoms with van der Waals surface area (Å²) >= 11 is 0. The molecular weight excluding hydrogens is 210 g/mol. The zero-order valence-corrected chi connectivity index (χ0v) is 11.0. The summed E-state index contributed by atoms with van der Waals surface area (Å²) in [5.41, 5.74) is 2.45. The van der Waals surface area contributed by atoms with E-state index in [-0.39, 0.29) is 0 Å². The van der Waals surface area contributed by atoms with E-state index >= 15 is 0 Å². The quantitative estimate of drug-likeness (QED) is 0.640. The van der Waals surface area contributed by atoms with Gasteiger partial charge in [0.1, 0.15) is 0 Å². The fourth-order valence-electron chi connectivity index (χ4n) is 4.20. The lowest BCUT2D eigenvalue weighted by Crippen LogP contribution is -2.52. The predicted molar refractivity (Wildman–Crippen MR) is 68.6 cm³/mol. The molecule has 0 amide bonds. The van der Waals surface area contributed by atoms with E-state index in [0.717, 1.165) is 30.4 Å². The predicted octanol–water partition coefficient (Wildman–Crippen LogP) is 3.28. The largest absolute Gasteiger partial charge is 0.368 e. The number of piperidine rings is 1. The molecule has 1 saturated heterocycles. The first kappa shape index (κ1) is 11.3. The number of ketones is 1. The maximum absolute atomic E-state index is 11.9. The smallest absolute Gasteiger partial charge is 0.162 e.